The second-order valence-electron chi connectivity index (χ2n) is 46.0. The fourth-order valence-corrected chi connectivity index (χ4v) is 31.6. The first kappa shape index (κ1) is 94.8. The van der Waals surface area contributed by atoms with Crippen molar-refractivity contribution in [1.29, 1.82) is 0 Å². The van der Waals surface area contributed by atoms with Gasteiger partial charge in [0.05, 0.1) is 90.7 Å². The van der Waals surface area contributed by atoms with E-state index in [1.807, 2.05) is 50.8 Å². The molecule has 24 rings (SSSR count). The third-order valence-corrected chi connectivity index (χ3v) is 39.0. The Morgan fingerprint density at radius 1 is 0.386 bits per heavy atom. The maximum Gasteiger partial charge on any atom is 0.225 e. The molecule has 0 bridgehead atoms. The number of benzene rings is 4. The van der Waals surface area contributed by atoms with Crippen LogP contribution in [0.2, 0.25) is 0 Å². The van der Waals surface area contributed by atoms with Crippen LogP contribution in [0.15, 0.2) is 175 Å². The van der Waals surface area contributed by atoms with E-state index in [1.165, 1.54) is 64.2 Å². The van der Waals surface area contributed by atoms with Crippen LogP contribution in [0.3, 0.4) is 0 Å². The van der Waals surface area contributed by atoms with Crippen LogP contribution in [0.1, 0.15) is 183 Å². The normalized spacial score (nSPS) is 35.3. The molecule has 3 saturated heterocycles. The molecule has 8 heterocycles. The smallest absolute Gasteiger partial charge is 0.225 e. The molecule has 6 N–H and O–H groups in total. The Hall–Kier alpha value is -10.0. The van der Waals surface area contributed by atoms with Gasteiger partial charge in [0.25, 0.3) is 0 Å². The molecule has 0 amide bonds. The number of rotatable bonds is 16. The standard InChI is InChI=1S/C40H49FN4O3.C37H44FN5O3.C36H43FN6O3/c1-26-4-6-27(7-5-26)24-43-16-18-44(19-17-43)25-36(47)40(48)15-14-33-32-13-8-29-20-34-28(23-42-45(34)31-11-9-30(41)10-12-31)21-38(29,2)37(32)35(46)22-39(33,40)3;1-35-20-24-22-40-43(27-9-7-26(38)8-10-27)30(24)19-25(35)6-11-28-29-12-13-37(46,36(29,2)21-31(44)34(28)35)32(45)23-41-15-17-42(18-16-41)33-5-3-4-14-39-33;1-34-19-23-21-40-43(26-7-5-25(37)6-8-26)29(23)18-24(34)4-9-27-28-10-11-36(46,35(28,2)20-30(44)32(27)34)31(45)22-41-14-16-42(17-15-41)33-38-12-3-13-39-33/h4-7,9-12,20,23,32-33,35,37,46,48H,8,13-19,21-22,24-25H2,1-3H3;3-5,7-10,14,19,22,28-29,31,34,44,46H,6,11-13,15-18,20-21,23H2,1-2H3;3,5-8,12-13,18,21,27-28,30,32,44,46H,4,9-11,14-17,19-20,22H2,1-2H3/t32?,33?,35-,37?,38-,39-,40-;28?,29?,31-,34?,35-,36-,37-;27?,28?,30-,32?,34-,35-,36-/m000/s1. The minimum Gasteiger partial charge on any atom is -0.393 e. The Morgan fingerprint density at radius 2 is 0.714 bits per heavy atom. The van der Waals surface area contributed by atoms with Gasteiger partial charge in [0, 0.05) is 120 Å². The molecule has 24 nitrogen and oxygen atoms in total. The van der Waals surface area contributed by atoms with Crippen molar-refractivity contribution < 1.29 is 58.2 Å². The summed E-state index contributed by atoms with van der Waals surface area (Å²) >= 11 is 0. The Morgan fingerprint density at radius 3 is 1.06 bits per heavy atom. The lowest BCUT2D eigenvalue weighted by Gasteiger charge is -2.60. The average molecular weight is 1910 g/mol. The number of fused-ring (bicyclic) bond motifs is 18. The number of hydrogen-bond donors (Lipinski definition) is 6. The van der Waals surface area contributed by atoms with E-state index in [1.54, 1.807) is 61.1 Å². The topological polar surface area (TPSA) is 284 Å². The number of aromatic nitrogens is 9. The van der Waals surface area contributed by atoms with Crippen LogP contribution in [-0.4, -0.2) is 245 Å². The molecule has 15 aliphatic rings. The predicted octanol–water partition coefficient (Wildman–Crippen LogP) is 14.3. The van der Waals surface area contributed by atoms with Gasteiger partial charge in [-0.1, -0.05) is 94.2 Å². The molecule has 140 heavy (non-hydrogen) atoms. The highest BCUT2D eigenvalue weighted by Gasteiger charge is 2.73. The lowest BCUT2D eigenvalue weighted by Crippen LogP contribution is -2.63. The van der Waals surface area contributed by atoms with Crippen LogP contribution < -0.4 is 9.80 Å². The first-order chi connectivity index (χ1) is 67.2. The van der Waals surface area contributed by atoms with Crippen LogP contribution in [0.25, 0.3) is 35.3 Å². The molecule has 0 radical (unpaired) electrons. The summed E-state index contributed by atoms with van der Waals surface area (Å²) < 4.78 is 46.5. The first-order valence-corrected chi connectivity index (χ1v) is 51.8. The Labute approximate surface area is 818 Å². The Balaban J connectivity index is 0.000000121. The summed E-state index contributed by atoms with van der Waals surface area (Å²) in [6.07, 6.45) is 29.0. The minimum absolute atomic E-state index is 0.0404. The van der Waals surface area contributed by atoms with Crippen molar-refractivity contribution in [3.63, 3.8) is 0 Å². The molecular weight excluding hydrogens is 1770 g/mol. The van der Waals surface area contributed by atoms with Gasteiger partial charge < -0.3 is 40.4 Å². The SMILES string of the molecule is C[C@]12Cc3cnn(-c4ccc(F)cc4)c3C=C1CCC1C2[C@@H](O)C[C@@]2(C)C1CC[C@]2(O)C(=O)CN1CCN(c2ccccn2)CC1.C[C@]12Cc3cnn(-c4ccc(F)cc4)c3C=C1CCC1C2[C@@H](O)C[C@@]2(C)C1CC[C@]2(O)C(=O)CN1CCN(c2ncccn2)CC1.Cc1ccc(CN2CCN(CC(=O)[C@@]3(O)CCC4C5CCC6=Cc7c(cnn7-c7ccc(F)cc7)C[C@]6(C)C5[C@@H](O)C[C@@]43C)CC2)cc1. The molecule has 9 aromatic rings. The van der Waals surface area contributed by atoms with Crippen molar-refractivity contribution in [3.8, 4) is 17.1 Å². The molecule has 9 saturated carbocycles. The summed E-state index contributed by atoms with van der Waals surface area (Å²) in [5.74, 6) is 1.96. The zero-order valence-electron chi connectivity index (χ0n) is 82.0. The van der Waals surface area contributed by atoms with Gasteiger partial charge in [-0.15, -0.1) is 0 Å². The molecule has 27 heteroatoms. The number of pyridine rings is 1. The highest BCUT2D eigenvalue weighted by Crippen LogP contribution is 2.72. The number of carbonyl (C=O) groups excluding carboxylic acids is 3. The number of halogens is 3. The van der Waals surface area contributed by atoms with Crippen molar-refractivity contribution in [1.82, 2.24) is 63.9 Å². The van der Waals surface area contributed by atoms with Crippen molar-refractivity contribution in [2.24, 2.45) is 85.8 Å². The number of carbonyl (C=O) groups is 3. The Kier molecular flexibility index (Phi) is 24.4. The van der Waals surface area contributed by atoms with Gasteiger partial charge in [0.15, 0.2) is 17.3 Å². The van der Waals surface area contributed by atoms with Crippen LogP contribution >= 0.6 is 0 Å². The monoisotopic (exact) mass is 1900 g/mol. The summed E-state index contributed by atoms with van der Waals surface area (Å²) in [6.45, 7) is 26.3. The summed E-state index contributed by atoms with van der Waals surface area (Å²) in [4.78, 5) is 68.7. The summed E-state index contributed by atoms with van der Waals surface area (Å²) in [7, 11) is 0. The number of aliphatic hydroxyl groups excluding tert-OH is 3. The van der Waals surface area contributed by atoms with E-state index in [9.17, 15) is 58.2 Å². The van der Waals surface area contributed by atoms with E-state index in [0.29, 0.717) is 57.6 Å². The minimum atomic E-state index is -1.45. The lowest BCUT2D eigenvalue weighted by molar-refractivity contribution is -0.180. The fourth-order valence-electron chi connectivity index (χ4n) is 31.6. The zero-order valence-corrected chi connectivity index (χ0v) is 82.0. The maximum atomic E-state index is 14.1. The fraction of sp³-hybridized carbons (Fsp3) is 0.549. The molecule has 5 aromatic heterocycles. The van der Waals surface area contributed by atoms with E-state index in [0.717, 1.165) is 206 Å². The number of hydrogen-bond acceptors (Lipinski definition) is 21. The number of allylic oxidation sites excluding steroid dienone is 3. The molecule has 21 atom stereocenters. The number of ketones is 3. The molecule has 0 spiro atoms. The zero-order chi connectivity index (χ0) is 97.1. The lowest BCUT2D eigenvalue weighted by atomic mass is 9.45. The van der Waals surface area contributed by atoms with Crippen LogP contribution in [0.4, 0.5) is 24.9 Å². The summed E-state index contributed by atoms with van der Waals surface area (Å²) in [5.41, 5.74) is 8.62. The van der Waals surface area contributed by atoms with E-state index < -0.39 is 51.4 Å². The van der Waals surface area contributed by atoms with Gasteiger partial charge in [0.2, 0.25) is 5.95 Å². The van der Waals surface area contributed by atoms with Crippen LogP contribution in [0, 0.1) is 110 Å². The quantitative estimate of drug-likeness (QED) is 0.0524. The second kappa shape index (κ2) is 36.1. The molecule has 4 aromatic carbocycles. The number of aliphatic hydroxyl groups is 6. The third-order valence-electron chi connectivity index (χ3n) is 39.0. The highest BCUT2D eigenvalue weighted by atomic mass is 19.1. The Bertz CT molecular complexity index is 6010. The third kappa shape index (κ3) is 15.8. The largest absolute Gasteiger partial charge is 0.393 e. The molecule has 12 aliphatic carbocycles. The molecule has 738 valence electrons. The van der Waals surface area contributed by atoms with Crippen molar-refractivity contribution in [2.75, 3.05) is 108 Å². The number of anilines is 2. The van der Waals surface area contributed by atoms with Crippen LogP contribution in [-0.2, 0) is 40.2 Å². The summed E-state index contributed by atoms with van der Waals surface area (Å²) in [6, 6.07) is 35.7. The van der Waals surface area contributed by atoms with Gasteiger partial charge in [-0.25, -0.2) is 42.2 Å². The molecular formula is C113H136F3N15O9. The van der Waals surface area contributed by atoms with Gasteiger partial charge in [-0.05, 0) is 323 Å². The molecule has 9 unspecified atom stereocenters. The van der Waals surface area contributed by atoms with Gasteiger partial charge in [-0.2, -0.15) is 15.3 Å². The van der Waals surface area contributed by atoms with Gasteiger partial charge in [0.1, 0.15) is 40.1 Å². The number of aryl methyl sites for hydroxylation is 1. The predicted molar refractivity (Wildman–Crippen MR) is 529 cm³/mol. The first-order valence-electron chi connectivity index (χ1n) is 51.8. The van der Waals surface area contributed by atoms with Gasteiger partial charge in [-0.3, -0.25) is 34.0 Å². The van der Waals surface area contributed by atoms with E-state index >= 15 is 0 Å². The van der Waals surface area contributed by atoms with E-state index in [-0.39, 0.29) is 124 Å². The summed E-state index contributed by atoms with van der Waals surface area (Å²) in [5, 5.41) is 87.1. The average Bonchev–Trinajstić information content (AvgIpc) is 1.30. The van der Waals surface area contributed by atoms with Crippen molar-refractivity contribution in [3.05, 3.63) is 238 Å². The number of Topliss-reactive ketones (excluding diaryl/α,β-unsaturated/α-hetero) is 3. The highest BCUT2D eigenvalue weighted by molar-refractivity contribution is 5.92. The van der Waals surface area contributed by atoms with Crippen molar-refractivity contribution >= 4 is 47.3 Å². The van der Waals surface area contributed by atoms with E-state index in [4.69, 9.17) is 5.10 Å². The molecule has 3 aliphatic heterocycles. The van der Waals surface area contributed by atoms with Gasteiger partial charge >= 0.3 is 0 Å². The maximum absolute atomic E-state index is 14.1. The molecule has 12 fully saturated rings. The van der Waals surface area contributed by atoms with Crippen LogP contribution in [0.5, 0.6) is 0 Å². The second-order valence-corrected chi connectivity index (χ2v) is 46.0. The van der Waals surface area contributed by atoms with Crippen molar-refractivity contribution in [2.45, 2.75) is 206 Å². The number of nitrogens with zero attached hydrogens (tertiary/aromatic N) is 15. The van der Waals surface area contributed by atoms with E-state index in [2.05, 4.69) is 146 Å². The number of piperazine rings is 3.